The van der Waals surface area contributed by atoms with Crippen LogP contribution in [0.5, 0.6) is 11.5 Å². The lowest BCUT2D eigenvalue weighted by Crippen LogP contribution is -2.51. The molecule has 0 aliphatic carbocycles. The molecule has 2 fully saturated rings. The van der Waals surface area contributed by atoms with Gasteiger partial charge in [0.2, 0.25) is 5.91 Å². The van der Waals surface area contributed by atoms with Gasteiger partial charge >= 0.3 is 0 Å². The third-order valence-corrected chi connectivity index (χ3v) is 6.87. The number of nitrogens with zero attached hydrogens (tertiary/aromatic N) is 3. The molecule has 1 amide bonds. The second kappa shape index (κ2) is 11.9. The number of amides is 1. The van der Waals surface area contributed by atoms with E-state index >= 15 is 0 Å². The average Bonchev–Trinajstić information content (AvgIpc) is 3.29. The maximum Gasteiger partial charge on any atom is 0.219 e. The van der Waals surface area contributed by atoms with Crippen LogP contribution in [0.15, 0.2) is 48.5 Å². The Morgan fingerprint density at radius 1 is 0.886 bits per heavy atom. The molecule has 190 valence electrons. The van der Waals surface area contributed by atoms with Crippen molar-refractivity contribution in [3.05, 3.63) is 59.7 Å². The summed E-state index contributed by atoms with van der Waals surface area (Å²) < 4.78 is 11.9. The van der Waals surface area contributed by atoms with Crippen LogP contribution < -0.4 is 9.47 Å². The van der Waals surface area contributed by atoms with Gasteiger partial charge in [-0.2, -0.15) is 0 Å². The number of rotatable bonds is 9. The summed E-state index contributed by atoms with van der Waals surface area (Å²) in [5.74, 6) is 1.57. The van der Waals surface area contributed by atoms with Crippen molar-refractivity contribution in [1.29, 1.82) is 0 Å². The number of aryl methyl sites for hydroxylation is 1. The molecule has 2 aliphatic rings. The number of hydrogen-bond donors (Lipinski definition) is 1. The first-order valence-electron chi connectivity index (χ1n) is 12.7. The van der Waals surface area contributed by atoms with Crippen LogP contribution in [0.2, 0.25) is 0 Å². The molecule has 0 spiro atoms. The number of likely N-dealkylation sites (tertiary alicyclic amines) is 1. The minimum Gasteiger partial charge on any atom is -0.492 e. The first kappa shape index (κ1) is 25.5. The molecule has 35 heavy (non-hydrogen) atoms. The highest BCUT2D eigenvalue weighted by Crippen LogP contribution is 2.21. The summed E-state index contributed by atoms with van der Waals surface area (Å²) in [6.07, 6.45) is 2.59. The molecule has 2 aliphatic heterocycles. The van der Waals surface area contributed by atoms with Crippen LogP contribution in [-0.4, -0.2) is 90.3 Å². The zero-order valence-electron chi connectivity index (χ0n) is 21.1. The maximum absolute atomic E-state index is 12.2. The summed E-state index contributed by atoms with van der Waals surface area (Å²) in [7, 11) is 0. The second-order valence-electron chi connectivity index (χ2n) is 10.0. The lowest BCUT2D eigenvalue weighted by Gasteiger charge is -2.32. The molecule has 0 saturated carbocycles. The molecular formula is C28H39N3O4. The molecule has 2 heterocycles. The Labute approximate surface area is 209 Å². The van der Waals surface area contributed by atoms with E-state index in [-0.39, 0.29) is 19.1 Å². The van der Waals surface area contributed by atoms with Gasteiger partial charge in [0.25, 0.3) is 0 Å². The molecule has 1 atom stereocenters. The van der Waals surface area contributed by atoms with Gasteiger partial charge in [-0.15, -0.1) is 0 Å². The van der Waals surface area contributed by atoms with Gasteiger partial charge in [0.1, 0.15) is 30.3 Å². The van der Waals surface area contributed by atoms with Crippen LogP contribution in [-0.2, 0) is 11.3 Å². The Kier molecular flexibility index (Phi) is 8.65. The highest BCUT2D eigenvalue weighted by Gasteiger charge is 2.36. The summed E-state index contributed by atoms with van der Waals surface area (Å²) in [5.41, 5.74) is 1.14. The largest absolute Gasteiger partial charge is 0.492 e. The Balaban J connectivity index is 1.34. The quantitative estimate of drug-likeness (QED) is 0.594. The highest BCUT2D eigenvalue weighted by atomic mass is 16.5. The van der Waals surface area contributed by atoms with E-state index in [1.165, 1.54) is 25.9 Å². The molecule has 7 nitrogen and oxygen atoms in total. The highest BCUT2D eigenvalue weighted by molar-refractivity contribution is 5.73. The molecule has 0 bridgehead atoms. The van der Waals surface area contributed by atoms with Crippen LogP contribution in [0.1, 0.15) is 30.9 Å². The van der Waals surface area contributed by atoms with Gasteiger partial charge in [-0.25, -0.2) is 0 Å². The van der Waals surface area contributed by atoms with Gasteiger partial charge in [0.05, 0.1) is 6.54 Å². The van der Waals surface area contributed by atoms with Crippen molar-refractivity contribution in [1.82, 2.24) is 14.7 Å². The monoisotopic (exact) mass is 481 g/mol. The number of ether oxygens (including phenoxy) is 2. The normalized spacial score (nSPS) is 21.6. The SMILES string of the molecule is CC(=O)N1CCN(Cc2ccc(OCCN3CCCC3)cc2)C[C@@](O)(COc2ccc(C)cc2)C1. The number of benzene rings is 2. The molecule has 0 aromatic heterocycles. The van der Waals surface area contributed by atoms with E-state index in [1.54, 1.807) is 11.8 Å². The van der Waals surface area contributed by atoms with Gasteiger partial charge in [0, 0.05) is 39.6 Å². The van der Waals surface area contributed by atoms with Crippen LogP contribution in [0.3, 0.4) is 0 Å². The van der Waals surface area contributed by atoms with Gasteiger partial charge in [-0.1, -0.05) is 29.8 Å². The summed E-state index contributed by atoms with van der Waals surface area (Å²) in [6, 6.07) is 16.0. The molecule has 7 heteroatoms. The topological polar surface area (TPSA) is 65.5 Å². The predicted octanol–water partition coefficient (Wildman–Crippen LogP) is 2.94. The summed E-state index contributed by atoms with van der Waals surface area (Å²) in [5, 5.41) is 11.5. The Hall–Kier alpha value is -2.61. The van der Waals surface area contributed by atoms with E-state index < -0.39 is 5.60 Å². The van der Waals surface area contributed by atoms with Crippen LogP contribution in [0.4, 0.5) is 0 Å². The standard InChI is InChI=1S/C28H39N3O4/c1-23-5-9-27(10-6-23)35-22-28(33)20-30(15-16-31(21-28)24(2)32)19-25-7-11-26(12-8-25)34-18-17-29-13-3-4-14-29/h5-12,33H,3-4,13-22H2,1-2H3/t28-/m0/s1. The number of hydrogen-bond acceptors (Lipinski definition) is 6. The Morgan fingerprint density at radius 3 is 2.23 bits per heavy atom. The molecule has 0 unspecified atom stereocenters. The van der Waals surface area contributed by atoms with Crippen molar-refractivity contribution in [2.45, 2.75) is 38.8 Å². The lowest BCUT2D eigenvalue weighted by molar-refractivity contribution is -0.132. The van der Waals surface area contributed by atoms with Crippen LogP contribution >= 0.6 is 0 Å². The van der Waals surface area contributed by atoms with Crippen molar-refractivity contribution in [3.63, 3.8) is 0 Å². The zero-order valence-corrected chi connectivity index (χ0v) is 21.1. The summed E-state index contributed by atoms with van der Waals surface area (Å²) >= 11 is 0. The first-order valence-corrected chi connectivity index (χ1v) is 12.7. The number of aliphatic hydroxyl groups is 1. The summed E-state index contributed by atoms with van der Waals surface area (Å²) in [4.78, 5) is 18.5. The van der Waals surface area contributed by atoms with E-state index in [4.69, 9.17) is 9.47 Å². The van der Waals surface area contributed by atoms with E-state index in [2.05, 4.69) is 21.9 Å². The number of β-amino-alcohol motifs (C(OH)–C–C–N with tert-alkyl or cyclic N) is 1. The lowest BCUT2D eigenvalue weighted by atomic mass is 10.0. The van der Waals surface area contributed by atoms with Gasteiger partial charge in [-0.05, 0) is 62.7 Å². The molecular weight excluding hydrogens is 442 g/mol. The molecule has 0 radical (unpaired) electrons. The molecule has 2 saturated heterocycles. The molecule has 2 aromatic carbocycles. The van der Waals surface area contributed by atoms with Gasteiger partial charge in [0.15, 0.2) is 0 Å². The fraction of sp³-hybridized carbons (Fsp3) is 0.536. The van der Waals surface area contributed by atoms with E-state index in [0.29, 0.717) is 32.8 Å². The maximum atomic E-state index is 12.2. The average molecular weight is 482 g/mol. The second-order valence-corrected chi connectivity index (χ2v) is 10.0. The van der Waals surface area contributed by atoms with Crippen molar-refractivity contribution in [2.75, 3.05) is 59.0 Å². The predicted molar refractivity (Wildman–Crippen MR) is 137 cm³/mol. The van der Waals surface area contributed by atoms with Crippen molar-refractivity contribution in [3.8, 4) is 11.5 Å². The van der Waals surface area contributed by atoms with E-state index in [1.807, 2.05) is 43.3 Å². The Bertz CT molecular complexity index is 944. The van der Waals surface area contributed by atoms with Crippen LogP contribution in [0.25, 0.3) is 0 Å². The van der Waals surface area contributed by atoms with Gasteiger partial charge in [-0.3, -0.25) is 14.6 Å². The number of carbonyl (C=O) groups is 1. The fourth-order valence-corrected chi connectivity index (χ4v) is 4.84. The smallest absolute Gasteiger partial charge is 0.219 e. The number of carbonyl (C=O) groups excluding carboxylic acids is 1. The zero-order chi connectivity index (χ0) is 24.7. The molecule has 1 N–H and O–H groups in total. The molecule has 2 aromatic rings. The van der Waals surface area contributed by atoms with Crippen molar-refractivity contribution in [2.24, 2.45) is 0 Å². The fourth-order valence-electron chi connectivity index (χ4n) is 4.84. The summed E-state index contributed by atoms with van der Waals surface area (Å²) in [6.45, 7) is 10.4. The minimum absolute atomic E-state index is 0.0314. The van der Waals surface area contributed by atoms with Crippen LogP contribution in [0, 0.1) is 6.92 Å². The van der Waals surface area contributed by atoms with Crippen molar-refractivity contribution >= 4 is 5.91 Å². The van der Waals surface area contributed by atoms with Crippen molar-refractivity contribution < 1.29 is 19.4 Å². The Morgan fingerprint density at radius 2 is 1.54 bits per heavy atom. The minimum atomic E-state index is -1.16. The van der Waals surface area contributed by atoms with Gasteiger partial charge < -0.3 is 19.5 Å². The first-order chi connectivity index (χ1) is 16.9. The van der Waals surface area contributed by atoms with E-state index in [9.17, 15) is 9.90 Å². The third-order valence-electron chi connectivity index (χ3n) is 6.87. The van der Waals surface area contributed by atoms with E-state index in [0.717, 1.165) is 29.2 Å². The molecule has 4 rings (SSSR count). The third kappa shape index (κ3) is 7.69.